The molecule has 20 heavy (non-hydrogen) atoms. The molecule has 1 aromatic heterocycles. The van der Waals surface area contributed by atoms with Crippen LogP contribution in [-0.2, 0) is 11.3 Å². The highest BCUT2D eigenvalue weighted by molar-refractivity contribution is 6.20. The smallest absolute Gasteiger partial charge is 0.217 e. The number of primary amides is 1. The lowest BCUT2D eigenvalue weighted by Gasteiger charge is -2.10. The largest absolute Gasteiger partial charge is 0.370 e. The van der Waals surface area contributed by atoms with Crippen molar-refractivity contribution in [3.63, 3.8) is 0 Å². The van der Waals surface area contributed by atoms with Crippen LogP contribution in [-0.4, -0.2) is 15.5 Å². The SMILES string of the molecule is CC(Cl)c1nc2ccc(F)cc2n1CCCCC(N)=O. The van der Waals surface area contributed by atoms with Gasteiger partial charge in [-0.05, 0) is 38.0 Å². The number of halogens is 2. The fourth-order valence-corrected chi connectivity index (χ4v) is 2.39. The summed E-state index contributed by atoms with van der Waals surface area (Å²) in [5, 5.41) is -0.262. The minimum Gasteiger partial charge on any atom is -0.370 e. The summed E-state index contributed by atoms with van der Waals surface area (Å²) < 4.78 is 15.3. The summed E-state index contributed by atoms with van der Waals surface area (Å²) in [6.07, 6.45) is 1.81. The summed E-state index contributed by atoms with van der Waals surface area (Å²) in [6.45, 7) is 2.47. The monoisotopic (exact) mass is 297 g/mol. The number of hydrogen-bond donors (Lipinski definition) is 1. The Bertz CT molecular complexity index is 624. The summed E-state index contributed by atoms with van der Waals surface area (Å²) >= 11 is 6.13. The van der Waals surface area contributed by atoms with Crippen LogP contribution in [0.3, 0.4) is 0 Å². The van der Waals surface area contributed by atoms with Crippen molar-refractivity contribution in [1.82, 2.24) is 9.55 Å². The van der Waals surface area contributed by atoms with Gasteiger partial charge in [-0.3, -0.25) is 4.79 Å². The summed E-state index contributed by atoms with van der Waals surface area (Å²) in [4.78, 5) is 15.2. The number of unbranched alkanes of at least 4 members (excludes halogenated alkanes) is 1. The van der Waals surface area contributed by atoms with E-state index in [4.69, 9.17) is 17.3 Å². The lowest BCUT2D eigenvalue weighted by Crippen LogP contribution is -2.11. The molecule has 6 heteroatoms. The highest BCUT2D eigenvalue weighted by Gasteiger charge is 2.15. The van der Waals surface area contributed by atoms with Crippen molar-refractivity contribution in [2.45, 2.75) is 38.1 Å². The van der Waals surface area contributed by atoms with Gasteiger partial charge >= 0.3 is 0 Å². The number of carbonyl (C=O) groups is 1. The normalized spacial score (nSPS) is 12.8. The molecule has 0 bridgehead atoms. The number of benzene rings is 1. The van der Waals surface area contributed by atoms with E-state index in [-0.39, 0.29) is 17.1 Å². The Labute approximate surface area is 121 Å². The van der Waals surface area contributed by atoms with Gasteiger partial charge in [0.05, 0.1) is 16.4 Å². The Morgan fingerprint density at radius 2 is 2.25 bits per heavy atom. The molecule has 2 rings (SSSR count). The van der Waals surface area contributed by atoms with Gasteiger partial charge in [0.1, 0.15) is 11.6 Å². The van der Waals surface area contributed by atoms with Crippen LogP contribution >= 0.6 is 11.6 Å². The number of nitrogens with two attached hydrogens (primary N) is 1. The molecular formula is C14H17ClFN3O. The van der Waals surface area contributed by atoms with E-state index < -0.39 is 0 Å². The minimum atomic E-state index is -0.308. The van der Waals surface area contributed by atoms with Crippen LogP contribution in [0.5, 0.6) is 0 Å². The third kappa shape index (κ3) is 3.28. The van der Waals surface area contributed by atoms with E-state index in [1.807, 2.05) is 11.5 Å². The fraction of sp³-hybridized carbons (Fsp3) is 0.429. The average molecular weight is 298 g/mol. The second-order valence-electron chi connectivity index (χ2n) is 4.79. The van der Waals surface area contributed by atoms with E-state index >= 15 is 0 Å². The molecule has 1 heterocycles. The average Bonchev–Trinajstić information content (AvgIpc) is 2.73. The van der Waals surface area contributed by atoms with E-state index in [0.29, 0.717) is 25.2 Å². The van der Waals surface area contributed by atoms with Crippen LogP contribution in [0, 0.1) is 5.82 Å². The highest BCUT2D eigenvalue weighted by atomic mass is 35.5. The molecule has 1 unspecified atom stereocenters. The lowest BCUT2D eigenvalue weighted by molar-refractivity contribution is -0.118. The van der Waals surface area contributed by atoms with Crippen molar-refractivity contribution < 1.29 is 9.18 Å². The molecule has 0 aliphatic heterocycles. The minimum absolute atomic E-state index is 0.262. The van der Waals surface area contributed by atoms with Gasteiger partial charge in [0.25, 0.3) is 0 Å². The van der Waals surface area contributed by atoms with Gasteiger partial charge in [0, 0.05) is 13.0 Å². The summed E-state index contributed by atoms with van der Waals surface area (Å²) in [5.41, 5.74) is 6.57. The Hall–Kier alpha value is -1.62. The second-order valence-corrected chi connectivity index (χ2v) is 5.45. The second kappa shape index (κ2) is 6.22. The molecule has 0 fully saturated rings. The number of alkyl halides is 1. The van der Waals surface area contributed by atoms with Crippen molar-refractivity contribution in [1.29, 1.82) is 0 Å². The third-order valence-corrected chi connectivity index (χ3v) is 3.35. The Kier molecular flexibility index (Phi) is 4.60. The van der Waals surface area contributed by atoms with E-state index in [2.05, 4.69) is 4.98 Å². The van der Waals surface area contributed by atoms with Gasteiger partial charge < -0.3 is 10.3 Å². The van der Waals surface area contributed by atoms with Crippen molar-refractivity contribution in [3.8, 4) is 0 Å². The molecule has 2 aromatic rings. The van der Waals surface area contributed by atoms with E-state index in [1.165, 1.54) is 12.1 Å². The Morgan fingerprint density at radius 3 is 2.90 bits per heavy atom. The van der Waals surface area contributed by atoms with Crippen LogP contribution in [0.4, 0.5) is 4.39 Å². The first-order chi connectivity index (χ1) is 9.49. The van der Waals surface area contributed by atoms with Crippen LogP contribution < -0.4 is 5.73 Å². The molecule has 0 aliphatic rings. The molecule has 0 aliphatic carbocycles. The van der Waals surface area contributed by atoms with Gasteiger partial charge in [0.2, 0.25) is 5.91 Å². The van der Waals surface area contributed by atoms with Gasteiger partial charge in [-0.25, -0.2) is 9.37 Å². The van der Waals surface area contributed by atoms with Crippen LogP contribution in [0.2, 0.25) is 0 Å². The third-order valence-electron chi connectivity index (χ3n) is 3.15. The zero-order valence-electron chi connectivity index (χ0n) is 11.3. The molecule has 1 aromatic carbocycles. The number of rotatable bonds is 6. The molecular weight excluding hydrogens is 281 g/mol. The van der Waals surface area contributed by atoms with Gasteiger partial charge in [-0.1, -0.05) is 0 Å². The number of nitrogens with zero attached hydrogens (tertiary/aromatic N) is 2. The predicted molar refractivity (Wildman–Crippen MR) is 77.0 cm³/mol. The molecule has 0 spiro atoms. The number of amides is 1. The maximum atomic E-state index is 13.4. The van der Waals surface area contributed by atoms with Gasteiger partial charge in [-0.2, -0.15) is 0 Å². The quantitative estimate of drug-likeness (QED) is 0.658. The first kappa shape index (κ1) is 14.8. The molecule has 4 nitrogen and oxygen atoms in total. The van der Waals surface area contributed by atoms with Crippen LogP contribution in [0.1, 0.15) is 37.4 Å². The van der Waals surface area contributed by atoms with Gasteiger partial charge in [0.15, 0.2) is 0 Å². The first-order valence-corrected chi connectivity index (χ1v) is 7.00. The first-order valence-electron chi connectivity index (χ1n) is 6.57. The molecule has 1 atom stereocenters. The molecule has 0 radical (unpaired) electrons. The zero-order chi connectivity index (χ0) is 14.7. The van der Waals surface area contributed by atoms with Crippen molar-refractivity contribution in [2.75, 3.05) is 0 Å². The number of aryl methyl sites for hydroxylation is 1. The standard InChI is InChI=1S/C14H17ClFN3O/c1-9(15)14-18-11-6-5-10(16)8-12(11)19(14)7-3-2-4-13(17)20/h5-6,8-9H,2-4,7H2,1H3,(H2,17,20). The lowest BCUT2D eigenvalue weighted by atomic mass is 10.2. The van der Waals surface area contributed by atoms with Crippen molar-refractivity contribution >= 4 is 28.5 Å². The number of hydrogen-bond acceptors (Lipinski definition) is 2. The fourth-order valence-electron chi connectivity index (χ4n) is 2.22. The maximum Gasteiger partial charge on any atom is 0.217 e. The van der Waals surface area contributed by atoms with Crippen LogP contribution in [0.25, 0.3) is 11.0 Å². The molecule has 2 N–H and O–H groups in total. The Balaban J connectivity index is 2.26. The number of imidazole rings is 1. The summed E-state index contributed by atoms with van der Waals surface area (Å²) in [5.74, 6) is 0.105. The molecule has 108 valence electrons. The van der Waals surface area contributed by atoms with E-state index in [0.717, 1.165) is 17.5 Å². The molecule has 1 amide bonds. The Morgan fingerprint density at radius 1 is 1.50 bits per heavy atom. The number of aromatic nitrogens is 2. The zero-order valence-corrected chi connectivity index (χ0v) is 12.0. The summed E-state index contributed by atoms with van der Waals surface area (Å²) in [6, 6.07) is 4.49. The topological polar surface area (TPSA) is 60.9 Å². The van der Waals surface area contributed by atoms with Crippen LogP contribution in [0.15, 0.2) is 18.2 Å². The highest BCUT2D eigenvalue weighted by Crippen LogP contribution is 2.25. The van der Waals surface area contributed by atoms with Crippen molar-refractivity contribution in [2.24, 2.45) is 5.73 Å². The summed E-state index contributed by atoms with van der Waals surface area (Å²) in [7, 11) is 0. The number of carbonyl (C=O) groups excluding carboxylic acids is 1. The van der Waals surface area contributed by atoms with E-state index in [9.17, 15) is 9.18 Å². The molecule has 0 saturated carbocycles. The molecule has 0 saturated heterocycles. The van der Waals surface area contributed by atoms with Crippen molar-refractivity contribution in [3.05, 3.63) is 29.8 Å². The predicted octanol–water partition coefficient (Wildman–Crippen LogP) is 3.13. The number of fused-ring (bicyclic) bond motifs is 1. The maximum absolute atomic E-state index is 13.4. The van der Waals surface area contributed by atoms with Gasteiger partial charge in [-0.15, -0.1) is 11.6 Å². The van der Waals surface area contributed by atoms with E-state index in [1.54, 1.807) is 6.07 Å².